The highest BCUT2D eigenvalue weighted by Gasteiger charge is 2.35. The molecule has 0 unspecified atom stereocenters. The van der Waals surface area contributed by atoms with Gasteiger partial charge in [0, 0.05) is 4.47 Å². The average molecular weight is 597 g/mol. The van der Waals surface area contributed by atoms with Crippen molar-refractivity contribution in [3.63, 3.8) is 0 Å². The molecule has 38 heavy (non-hydrogen) atoms. The van der Waals surface area contributed by atoms with Gasteiger partial charge >= 0.3 is 0 Å². The molecule has 0 saturated carbocycles. The monoisotopic (exact) mass is 595 g/mol. The average Bonchev–Trinajstić information content (AvgIpc) is 3.15. The number of nitrogens with zero attached hydrogens (tertiary/aromatic N) is 1. The van der Waals surface area contributed by atoms with Gasteiger partial charge in [0.25, 0.3) is 11.1 Å². The molecule has 3 aromatic rings. The molecule has 0 spiro atoms. The van der Waals surface area contributed by atoms with Crippen molar-refractivity contribution in [3.8, 4) is 17.2 Å². The van der Waals surface area contributed by atoms with Gasteiger partial charge in [0.2, 0.25) is 0 Å². The molecule has 1 heterocycles. The molecule has 2 amide bonds. The van der Waals surface area contributed by atoms with E-state index >= 15 is 0 Å². The van der Waals surface area contributed by atoms with Gasteiger partial charge in [-0.3, -0.25) is 14.5 Å². The smallest absolute Gasteiger partial charge is 0.293 e. The van der Waals surface area contributed by atoms with E-state index < -0.39 is 0 Å². The van der Waals surface area contributed by atoms with Crippen molar-refractivity contribution in [2.45, 2.75) is 32.7 Å². The van der Waals surface area contributed by atoms with Crippen LogP contribution in [0.1, 0.15) is 37.5 Å². The minimum absolute atomic E-state index is 0.0962. The Bertz CT molecular complexity index is 1330. The van der Waals surface area contributed by atoms with Crippen molar-refractivity contribution in [2.24, 2.45) is 0 Å². The first-order valence-electron chi connectivity index (χ1n) is 12.2. The van der Waals surface area contributed by atoms with Crippen LogP contribution in [0.4, 0.5) is 4.79 Å². The van der Waals surface area contributed by atoms with Crippen LogP contribution in [0.5, 0.6) is 17.2 Å². The van der Waals surface area contributed by atoms with E-state index in [-0.39, 0.29) is 23.1 Å². The molecule has 1 saturated heterocycles. The van der Waals surface area contributed by atoms with Crippen LogP contribution < -0.4 is 14.2 Å². The summed E-state index contributed by atoms with van der Waals surface area (Å²) in [6, 6.07) is 21.0. The van der Waals surface area contributed by atoms with Gasteiger partial charge in [-0.05, 0) is 76.3 Å². The van der Waals surface area contributed by atoms with E-state index in [4.69, 9.17) is 14.2 Å². The Morgan fingerprint density at radius 1 is 0.895 bits per heavy atom. The van der Waals surface area contributed by atoms with Crippen molar-refractivity contribution < 1.29 is 23.8 Å². The van der Waals surface area contributed by atoms with Crippen molar-refractivity contribution in [3.05, 3.63) is 92.8 Å². The fourth-order valence-electron chi connectivity index (χ4n) is 3.82. The van der Waals surface area contributed by atoms with Crippen molar-refractivity contribution in [2.75, 3.05) is 20.3 Å². The molecular formula is C30H30BrNO5S. The molecule has 1 aliphatic heterocycles. The number of rotatable bonds is 9. The predicted molar refractivity (Wildman–Crippen MR) is 155 cm³/mol. The Kier molecular flexibility index (Phi) is 8.84. The number of ether oxygens (including phenoxy) is 3. The Labute approximate surface area is 236 Å². The second kappa shape index (κ2) is 12.1. The van der Waals surface area contributed by atoms with Crippen LogP contribution in [0.25, 0.3) is 6.08 Å². The van der Waals surface area contributed by atoms with Gasteiger partial charge in [0.05, 0.1) is 18.6 Å². The summed E-state index contributed by atoms with van der Waals surface area (Å²) < 4.78 is 18.1. The number of thioether (sulfide) groups is 1. The summed E-state index contributed by atoms with van der Waals surface area (Å²) in [6.07, 6.45) is 1.70. The standard InChI is InChI=1S/C30H30BrNO5S/c1-30(2,3)22-8-12-24(13-9-22)36-15-16-37-25-14-7-21(17-26(25)35-4)18-27-28(33)32(29(34)38-27)19-20-5-10-23(31)11-6-20/h5-14,17-18H,15-16,19H2,1-4H3/b27-18-. The number of halogens is 1. The molecule has 4 rings (SSSR count). The van der Waals surface area contributed by atoms with Gasteiger partial charge in [0.15, 0.2) is 11.5 Å². The third-order valence-electron chi connectivity index (χ3n) is 5.94. The first-order valence-corrected chi connectivity index (χ1v) is 13.8. The van der Waals surface area contributed by atoms with E-state index in [0.29, 0.717) is 29.6 Å². The molecule has 0 aliphatic carbocycles. The van der Waals surface area contributed by atoms with Crippen molar-refractivity contribution in [1.29, 1.82) is 0 Å². The molecule has 0 N–H and O–H groups in total. The molecule has 3 aromatic carbocycles. The zero-order valence-electron chi connectivity index (χ0n) is 21.8. The van der Waals surface area contributed by atoms with Gasteiger partial charge in [0.1, 0.15) is 19.0 Å². The van der Waals surface area contributed by atoms with E-state index in [1.807, 2.05) is 42.5 Å². The third-order valence-corrected chi connectivity index (χ3v) is 7.38. The van der Waals surface area contributed by atoms with E-state index in [2.05, 4.69) is 48.8 Å². The molecule has 1 aliphatic rings. The molecule has 198 valence electrons. The molecule has 0 bridgehead atoms. The lowest BCUT2D eigenvalue weighted by Crippen LogP contribution is -2.27. The maximum atomic E-state index is 12.9. The largest absolute Gasteiger partial charge is 0.493 e. The zero-order valence-corrected chi connectivity index (χ0v) is 24.2. The highest BCUT2D eigenvalue weighted by molar-refractivity contribution is 9.10. The number of amides is 2. The van der Waals surface area contributed by atoms with Gasteiger partial charge in [-0.2, -0.15) is 0 Å². The molecule has 0 radical (unpaired) electrons. The summed E-state index contributed by atoms with van der Waals surface area (Å²) in [7, 11) is 1.56. The summed E-state index contributed by atoms with van der Waals surface area (Å²) in [6.45, 7) is 7.48. The maximum Gasteiger partial charge on any atom is 0.293 e. The second-order valence-corrected chi connectivity index (χ2v) is 11.7. The van der Waals surface area contributed by atoms with E-state index in [1.165, 1.54) is 10.5 Å². The van der Waals surface area contributed by atoms with Gasteiger partial charge in [-0.25, -0.2) is 0 Å². The number of carbonyl (C=O) groups excluding carboxylic acids is 2. The van der Waals surface area contributed by atoms with Gasteiger partial charge in [-0.1, -0.05) is 67.0 Å². The van der Waals surface area contributed by atoms with Crippen LogP contribution in [0.3, 0.4) is 0 Å². The van der Waals surface area contributed by atoms with Crippen molar-refractivity contribution >= 4 is 44.9 Å². The van der Waals surface area contributed by atoms with Crippen LogP contribution in [-0.4, -0.2) is 36.4 Å². The lowest BCUT2D eigenvalue weighted by Gasteiger charge is -2.19. The minimum atomic E-state index is -0.310. The molecular weight excluding hydrogens is 566 g/mol. The summed E-state index contributed by atoms with van der Waals surface area (Å²) in [5.74, 6) is 1.58. The lowest BCUT2D eigenvalue weighted by molar-refractivity contribution is -0.123. The first kappa shape index (κ1) is 27.8. The van der Waals surface area contributed by atoms with E-state index in [9.17, 15) is 9.59 Å². The lowest BCUT2D eigenvalue weighted by atomic mass is 9.87. The maximum absolute atomic E-state index is 12.9. The highest BCUT2D eigenvalue weighted by Crippen LogP contribution is 2.35. The SMILES string of the molecule is COc1cc(/C=C2\SC(=O)N(Cc3ccc(Br)cc3)C2=O)ccc1OCCOc1ccc(C(C)(C)C)cc1. The number of hydrogen-bond acceptors (Lipinski definition) is 6. The van der Waals surface area contributed by atoms with Gasteiger partial charge in [-0.15, -0.1) is 0 Å². The Balaban J connectivity index is 1.35. The Hall–Kier alpha value is -3.23. The van der Waals surface area contributed by atoms with Crippen LogP contribution in [0.2, 0.25) is 0 Å². The minimum Gasteiger partial charge on any atom is -0.493 e. The van der Waals surface area contributed by atoms with Gasteiger partial charge < -0.3 is 14.2 Å². The highest BCUT2D eigenvalue weighted by atomic mass is 79.9. The van der Waals surface area contributed by atoms with Crippen LogP contribution >= 0.6 is 27.7 Å². The van der Waals surface area contributed by atoms with Crippen LogP contribution in [0, 0.1) is 0 Å². The summed E-state index contributed by atoms with van der Waals surface area (Å²) in [4.78, 5) is 27.0. The molecule has 6 nitrogen and oxygen atoms in total. The van der Waals surface area contributed by atoms with E-state index in [0.717, 1.165) is 33.1 Å². The Morgan fingerprint density at radius 2 is 1.58 bits per heavy atom. The first-order chi connectivity index (χ1) is 18.1. The summed E-state index contributed by atoms with van der Waals surface area (Å²) >= 11 is 4.33. The zero-order chi connectivity index (χ0) is 27.3. The third kappa shape index (κ3) is 6.99. The number of hydrogen-bond donors (Lipinski definition) is 0. The molecule has 1 fully saturated rings. The van der Waals surface area contributed by atoms with Crippen LogP contribution in [0.15, 0.2) is 76.1 Å². The van der Waals surface area contributed by atoms with Crippen LogP contribution in [-0.2, 0) is 16.8 Å². The number of imide groups is 1. The Morgan fingerprint density at radius 3 is 2.24 bits per heavy atom. The molecule has 0 aromatic heterocycles. The molecule has 8 heteroatoms. The fraction of sp³-hybridized carbons (Fsp3) is 0.267. The fourth-order valence-corrected chi connectivity index (χ4v) is 4.92. The van der Waals surface area contributed by atoms with E-state index in [1.54, 1.807) is 25.3 Å². The number of methoxy groups -OCH3 is 1. The predicted octanol–water partition coefficient (Wildman–Crippen LogP) is 7.45. The number of carbonyl (C=O) groups is 2. The quantitative estimate of drug-likeness (QED) is 0.189. The number of benzene rings is 3. The normalized spacial score (nSPS) is 14.8. The topological polar surface area (TPSA) is 65.1 Å². The summed E-state index contributed by atoms with van der Waals surface area (Å²) in [5, 5.41) is -0.288. The molecule has 0 atom stereocenters. The summed E-state index contributed by atoms with van der Waals surface area (Å²) in [5.41, 5.74) is 2.96. The van der Waals surface area contributed by atoms with Crippen molar-refractivity contribution in [1.82, 2.24) is 4.90 Å². The second-order valence-electron chi connectivity index (χ2n) is 9.78.